The van der Waals surface area contributed by atoms with Gasteiger partial charge in [0.15, 0.2) is 0 Å². The van der Waals surface area contributed by atoms with Gasteiger partial charge in [-0.15, -0.1) is 0 Å². The minimum atomic E-state index is -0.408. The fourth-order valence-corrected chi connectivity index (χ4v) is 7.40. The van der Waals surface area contributed by atoms with Crippen LogP contribution in [0.4, 0.5) is 17.1 Å². The maximum Gasteiger partial charge on any atom is 0.143 e. The first-order valence-corrected chi connectivity index (χ1v) is 16.7. The predicted molar refractivity (Wildman–Crippen MR) is 212 cm³/mol. The third-order valence-corrected chi connectivity index (χ3v) is 9.72. The zero-order valence-electron chi connectivity index (χ0n) is 31.9. The molecule has 0 amide bonds. The van der Waals surface area contributed by atoms with E-state index in [9.17, 15) is 0 Å². The minimum absolute atomic E-state index is 0.172. The largest absolute Gasteiger partial charge is 0.455 e. The summed E-state index contributed by atoms with van der Waals surface area (Å²) in [7, 11) is 0. The van der Waals surface area contributed by atoms with Crippen LogP contribution in [0.3, 0.4) is 0 Å². The highest BCUT2D eigenvalue weighted by atomic mass is 16.3. The number of benzene rings is 9. The van der Waals surface area contributed by atoms with Crippen molar-refractivity contribution in [2.24, 2.45) is 0 Å². The van der Waals surface area contributed by atoms with Gasteiger partial charge in [0, 0.05) is 22.1 Å². The van der Waals surface area contributed by atoms with Crippen molar-refractivity contribution in [1.29, 1.82) is 0 Å². The highest BCUT2D eigenvalue weighted by Crippen LogP contribution is 2.45. The molecular weight excluding hydrogens is 607 g/mol. The molecule has 2 nitrogen and oxygen atoms in total. The molecule has 0 saturated heterocycles. The first-order chi connectivity index (χ1) is 26.9. The molecule has 50 heavy (non-hydrogen) atoms. The molecule has 2 heteroatoms. The molecule has 234 valence electrons. The second kappa shape index (κ2) is 11.5. The van der Waals surface area contributed by atoms with Gasteiger partial charge in [-0.25, -0.2) is 0 Å². The second-order valence-corrected chi connectivity index (χ2v) is 12.5. The zero-order valence-corrected chi connectivity index (χ0v) is 26.9. The molecule has 0 spiro atoms. The smallest absolute Gasteiger partial charge is 0.143 e. The number of hydrogen-bond acceptors (Lipinski definition) is 2. The maximum atomic E-state index is 8.58. The van der Waals surface area contributed by atoms with Crippen molar-refractivity contribution in [2.45, 2.75) is 0 Å². The highest BCUT2D eigenvalue weighted by Gasteiger charge is 2.21. The third-order valence-electron chi connectivity index (χ3n) is 9.72. The minimum Gasteiger partial charge on any atom is -0.455 e. The molecule has 1 heterocycles. The first-order valence-electron chi connectivity index (χ1n) is 19.2. The normalized spacial score (nSPS) is 13.0. The van der Waals surface area contributed by atoms with E-state index in [1.54, 1.807) is 0 Å². The van der Waals surface area contributed by atoms with E-state index >= 15 is 0 Å². The topological polar surface area (TPSA) is 16.4 Å². The summed E-state index contributed by atoms with van der Waals surface area (Å²) in [6.45, 7) is 0. The molecule has 0 bridgehead atoms. The van der Waals surface area contributed by atoms with Crippen molar-refractivity contribution in [3.63, 3.8) is 0 Å². The summed E-state index contributed by atoms with van der Waals surface area (Å²) in [5.74, 6) is 0. The van der Waals surface area contributed by atoms with Crippen LogP contribution in [-0.2, 0) is 0 Å². The lowest BCUT2D eigenvalue weighted by Gasteiger charge is -2.27. The Morgan fingerprint density at radius 2 is 1.08 bits per heavy atom. The van der Waals surface area contributed by atoms with Crippen LogP contribution in [0.1, 0.15) is 6.85 Å². The Bertz CT molecular complexity index is 3120. The van der Waals surface area contributed by atoms with Crippen molar-refractivity contribution in [3.05, 3.63) is 188 Å². The van der Waals surface area contributed by atoms with E-state index in [4.69, 9.17) is 11.3 Å². The summed E-state index contributed by atoms with van der Waals surface area (Å²) in [6, 6.07) is 52.5. The number of hydrogen-bond donors (Lipinski definition) is 0. The van der Waals surface area contributed by atoms with Gasteiger partial charge >= 0.3 is 0 Å². The summed E-state index contributed by atoms with van der Waals surface area (Å²) in [6.07, 6.45) is 0. The lowest BCUT2D eigenvalue weighted by atomic mass is 9.93. The molecule has 0 aliphatic heterocycles. The Labute approximate surface area is 297 Å². The average Bonchev–Trinajstić information content (AvgIpc) is 3.63. The van der Waals surface area contributed by atoms with Crippen molar-refractivity contribution in [1.82, 2.24) is 0 Å². The van der Waals surface area contributed by atoms with Crippen molar-refractivity contribution in [3.8, 4) is 22.3 Å². The Balaban J connectivity index is 1.17. The predicted octanol–water partition coefficient (Wildman–Crippen LogP) is 13.8. The molecule has 0 radical (unpaired) electrons. The second-order valence-electron chi connectivity index (χ2n) is 12.5. The summed E-state index contributed by atoms with van der Waals surface area (Å²) in [5.41, 5.74) is 7.24. The molecule has 0 saturated carbocycles. The lowest BCUT2D eigenvalue weighted by Crippen LogP contribution is -2.10. The fraction of sp³-hybridized carbons (Fsp3) is 0. The number of rotatable bonds is 5. The van der Waals surface area contributed by atoms with E-state index in [1.165, 1.54) is 21.5 Å². The number of fused-ring (bicyclic) bond motifs is 8. The van der Waals surface area contributed by atoms with Crippen LogP contribution in [-0.4, -0.2) is 0 Å². The molecule has 0 unspecified atom stereocenters. The third kappa shape index (κ3) is 4.57. The van der Waals surface area contributed by atoms with Crippen molar-refractivity contribution < 1.29 is 11.3 Å². The standard InChI is InChI=1S/C48H31NO/c1-2-11-32(12-3-1)33-21-26-37(27-22-33)49(45-19-10-20-46-47(45)43-30-25-34-13-4-7-16-40(34)48(43)50-46)38-28-23-35(24-29-38)44-31-36-14-5-6-15-39(36)41-17-8-9-18-42(41)44/h1-31H/i1D,2D,3D,11D,12D. The van der Waals surface area contributed by atoms with Crippen molar-refractivity contribution >= 4 is 71.3 Å². The molecule has 1 aromatic heterocycles. The van der Waals surface area contributed by atoms with Gasteiger partial charge in [0.2, 0.25) is 0 Å². The summed E-state index contributed by atoms with van der Waals surface area (Å²) in [4.78, 5) is 2.19. The van der Waals surface area contributed by atoms with Gasteiger partial charge in [0.1, 0.15) is 11.2 Å². The number of nitrogens with zero attached hydrogens (tertiary/aromatic N) is 1. The van der Waals surface area contributed by atoms with Gasteiger partial charge < -0.3 is 9.32 Å². The monoisotopic (exact) mass is 642 g/mol. The van der Waals surface area contributed by atoms with Gasteiger partial charge in [-0.2, -0.15) is 0 Å². The molecule has 0 aliphatic carbocycles. The van der Waals surface area contributed by atoms with Gasteiger partial charge in [-0.05, 0) is 97.7 Å². The molecule has 10 rings (SSSR count). The SMILES string of the molecule is [2H]c1c([2H])c([2H])c(-c2ccc(N(c3ccc(-c4cc5ccccc5c5ccccc45)cc3)c3cccc4oc5c6ccccc6ccc5c34)cc2)c([2H])c1[2H]. The van der Waals surface area contributed by atoms with E-state index in [2.05, 4.69) is 114 Å². The zero-order chi connectivity index (χ0) is 37.4. The quantitative estimate of drug-likeness (QED) is 0.174. The van der Waals surface area contributed by atoms with Gasteiger partial charge in [0.25, 0.3) is 0 Å². The Kier molecular flexibility index (Phi) is 5.44. The van der Waals surface area contributed by atoms with Crippen LogP contribution in [0, 0.1) is 0 Å². The van der Waals surface area contributed by atoms with E-state index in [0.717, 1.165) is 60.9 Å². The van der Waals surface area contributed by atoms with E-state index in [-0.39, 0.29) is 29.7 Å². The molecule has 10 aromatic rings. The van der Waals surface area contributed by atoms with Gasteiger partial charge in [0.05, 0.1) is 17.9 Å². The molecule has 9 aromatic carbocycles. The molecule has 0 aliphatic rings. The summed E-state index contributed by atoms with van der Waals surface area (Å²) in [5, 5.41) is 8.95. The molecular formula is C48H31NO. The van der Waals surface area contributed by atoms with Crippen LogP contribution < -0.4 is 4.90 Å². The van der Waals surface area contributed by atoms with Gasteiger partial charge in [-0.1, -0.05) is 139 Å². The van der Waals surface area contributed by atoms with Crippen LogP contribution in [0.5, 0.6) is 0 Å². The Morgan fingerprint density at radius 1 is 0.440 bits per heavy atom. The fourth-order valence-electron chi connectivity index (χ4n) is 7.40. The Morgan fingerprint density at radius 3 is 1.84 bits per heavy atom. The summed E-state index contributed by atoms with van der Waals surface area (Å²) < 4.78 is 48.3. The lowest BCUT2D eigenvalue weighted by molar-refractivity contribution is 0.672. The van der Waals surface area contributed by atoms with Crippen LogP contribution in [0.15, 0.2) is 192 Å². The first kappa shape index (κ1) is 23.6. The van der Waals surface area contributed by atoms with Crippen LogP contribution >= 0.6 is 0 Å². The average molecular weight is 643 g/mol. The van der Waals surface area contributed by atoms with E-state index in [0.29, 0.717) is 5.56 Å². The molecule has 0 atom stereocenters. The van der Waals surface area contributed by atoms with Gasteiger partial charge in [-0.3, -0.25) is 0 Å². The van der Waals surface area contributed by atoms with Crippen molar-refractivity contribution in [2.75, 3.05) is 4.90 Å². The maximum absolute atomic E-state index is 8.58. The molecule has 0 fully saturated rings. The highest BCUT2D eigenvalue weighted by molar-refractivity contribution is 6.19. The van der Waals surface area contributed by atoms with E-state index < -0.39 is 6.04 Å². The van der Waals surface area contributed by atoms with Crippen LogP contribution in [0.25, 0.3) is 76.5 Å². The number of furan rings is 1. The van der Waals surface area contributed by atoms with Crippen LogP contribution in [0.2, 0.25) is 0 Å². The summed E-state index contributed by atoms with van der Waals surface area (Å²) >= 11 is 0. The molecule has 0 N–H and O–H groups in total. The van der Waals surface area contributed by atoms with E-state index in [1.807, 2.05) is 48.5 Å². The number of anilines is 3. The Hall–Kier alpha value is -6.64.